The minimum Gasteiger partial charge on any atom is -0.341 e. The van der Waals surface area contributed by atoms with Gasteiger partial charge in [0.05, 0.1) is 17.9 Å². The van der Waals surface area contributed by atoms with E-state index in [0.29, 0.717) is 6.04 Å². The summed E-state index contributed by atoms with van der Waals surface area (Å²) in [4.78, 5) is 7.93. The van der Waals surface area contributed by atoms with Crippen LogP contribution in [0, 0.1) is 0 Å². The Hall–Kier alpha value is -1.61. The zero-order valence-corrected chi connectivity index (χ0v) is 10.7. The minimum absolute atomic E-state index is 0.411. The van der Waals surface area contributed by atoms with E-state index in [-0.39, 0.29) is 0 Å². The van der Waals surface area contributed by atoms with Gasteiger partial charge < -0.3 is 10.3 Å². The highest BCUT2D eigenvalue weighted by atomic mass is 15.0. The smallest absolute Gasteiger partial charge is 0.123 e. The molecule has 2 aromatic rings. The van der Waals surface area contributed by atoms with Crippen molar-refractivity contribution in [1.82, 2.24) is 15.3 Å². The molecule has 1 aliphatic heterocycles. The number of imidazole rings is 1. The van der Waals surface area contributed by atoms with E-state index in [1.54, 1.807) is 0 Å². The van der Waals surface area contributed by atoms with Gasteiger partial charge in [-0.3, -0.25) is 0 Å². The predicted octanol–water partition coefficient (Wildman–Crippen LogP) is 3.06. The topological polar surface area (TPSA) is 40.7 Å². The lowest BCUT2D eigenvalue weighted by atomic mass is 10.1. The quantitative estimate of drug-likeness (QED) is 0.867. The number of rotatable bonds is 3. The summed E-state index contributed by atoms with van der Waals surface area (Å²) in [6.07, 6.45) is 5.45. The van der Waals surface area contributed by atoms with Crippen LogP contribution >= 0.6 is 0 Å². The van der Waals surface area contributed by atoms with Crippen LogP contribution in [-0.4, -0.2) is 16.5 Å². The molecule has 0 saturated carbocycles. The average Bonchev–Trinajstić information content (AvgIpc) is 3.09. The molecule has 2 heterocycles. The Kier molecular flexibility index (Phi) is 3.15. The van der Waals surface area contributed by atoms with Crippen molar-refractivity contribution in [2.75, 3.05) is 6.54 Å². The number of aromatic amines is 1. The highest BCUT2D eigenvalue weighted by Gasteiger charge is 2.19. The van der Waals surface area contributed by atoms with Crippen LogP contribution in [0.3, 0.4) is 0 Å². The molecule has 94 valence electrons. The van der Waals surface area contributed by atoms with Crippen molar-refractivity contribution in [2.45, 2.75) is 32.2 Å². The first kappa shape index (κ1) is 11.5. The second-order valence-corrected chi connectivity index (χ2v) is 4.88. The van der Waals surface area contributed by atoms with Crippen molar-refractivity contribution >= 4 is 0 Å². The maximum atomic E-state index is 4.50. The number of H-pyrrole nitrogens is 1. The summed E-state index contributed by atoms with van der Waals surface area (Å²) in [5, 5.41) is 3.46. The van der Waals surface area contributed by atoms with E-state index in [2.05, 4.69) is 46.5 Å². The van der Waals surface area contributed by atoms with E-state index in [1.165, 1.54) is 24.0 Å². The molecule has 18 heavy (non-hydrogen) atoms. The van der Waals surface area contributed by atoms with Gasteiger partial charge in [-0.05, 0) is 36.9 Å². The summed E-state index contributed by atoms with van der Waals surface area (Å²) in [7, 11) is 0. The summed E-state index contributed by atoms with van der Waals surface area (Å²) in [6, 6.07) is 9.11. The van der Waals surface area contributed by atoms with Gasteiger partial charge in [-0.1, -0.05) is 31.2 Å². The summed E-state index contributed by atoms with van der Waals surface area (Å²) in [5.41, 5.74) is 3.70. The molecule has 1 saturated heterocycles. The lowest BCUT2D eigenvalue weighted by molar-refractivity contribution is 0.613. The molecule has 0 spiro atoms. The molecule has 0 amide bonds. The molecule has 1 aliphatic rings. The van der Waals surface area contributed by atoms with Crippen LogP contribution in [0.15, 0.2) is 30.5 Å². The first-order valence-corrected chi connectivity index (χ1v) is 6.74. The Morgan fingerprint density at radius 1 is 1.28 bits per heavy atom. The fourth-order valence-corrected chi connectivity index (χ4v) is 2.50. The van der Waals surface area contributed by atoms with Crippen molar-refractivity contribution < 1.29 is 0 Å². The third-order valence-electron chi connectivity index (χ3n) is 3.66. The maximum absolute atomic E-state index is 4.50. The molecular formula is C15H19N3. The lowest BCUT2D eigenvalue weighted by Crippen LogP contribution is -2.14. The van der Waals surface area contributed by atoms with Crippen LogP contribution in [-0.2, 0) is 6.42 Å². The van der Waals surface area contributed by atoms with Gasteiger partial charge in [0.1, 0.15) is 5.82 Å². The Balaban J connectivity index is 1.82. The standard InChI is InChI=1S/C15H19N3/c1-2-11-5-7-12(8-6-11)14-10-17-15(18-14)13-4-3-9-16-13/h5-8,10,13,16H,2-4,9H2,1H3,(H,17,18). The molecule has 1 atom stereocenters. The molecule has 0 aliphatic carbocycles. The van der Waals surface area contributed by atoms with Gasteiger partial charge in [-0.2, -0.15) is 0 Å². The van der Waals surface area contributed by atoms with Crippen molar-refractivity contribution in [3.05, 3.63) is 41.9 Å². The average molecular weight is 241 g/mol. The highest BCUT2D eigenvalue weighted by Crippen LogP contribution is 2.24. The van der Waals surface area contributed by atoms with Gasteiger partial charge in [0.2, 0.25) is 0 Å². The van der Waals surface area contributed by atoms with E-state index in [4.69, 9.17) is 0 Å². The number of nitrogens with zero attached hydrogens (tertiary/aromatic N) is 1. The van der Waals surface area contributed by atoms with Crippen molar-refractivity contribution in [2.24, 2.45) is 0 Å². The van der Waals surface area contributed by atoms with E-state index in [9.17, 15) is 0 Å². The third kappa shape index (κ3) is 2.18. The molecule has 1 aromatic carbocycles. The van der Waals surface area contributed by atoms with Gasteiger partial charge in [0.15, 0.2) is 0 Å². The van der Waals surface area contributed by atoms with Gasteiger partial charge in [-0.25, -0.2) is 4.98 Å². The zero-order chi connectivity index (χ0) is 12.4. The molecule has 1 unspecified atom stereocenters. The second kappa shape index (κ2) is 4.94. The van der Waals surface area contributed by atoms with Crippen molar-refractivity contribution in [1.29, 1.82) is 0 Å². The number of benzene rings is 1. The summed E-state index contributed by atoms with van der Waals surface area (Å²) in [5.74, 6) is 1.07. The normalized spacial score (nSPS) is 19.3. The number of aromatic nitrogens is 2. The Morgan fingerprint density at radius 3 is 2.78 bits per heavy atom. The maximum Gasteiger partial charge on any atom is 0.123 e. The number of nitrogens with one attached hydrogen (secondary N) is 2. The van der Waals surface area contributed by atoms with Gasteiger partial charge in [0, 0.05) is 0 Å². The molecule has 3 nitrogen and oxygen atoms in total. The predicted molar refractivity (Wildman–Crippen MR) is 73.4 cm³/mol. The Labute approximate surface area is 108 Å². The van der Waals surface area contributed by atoms with E-state index >= 15 is 0 Å². The van der Waals surface area contributed by atoms with Gasteiger partial charge in [0.25, 0.3) is 0 Å². The minimum atomic E-state index is 0.411. The first-order valence-electron chi connectivity index (χ1n) is 6.74. The number of aryl methyl sites for hydroxylation is 1. The molecule has 2 N–H and O–H groups in total. The summed E-state index contributed by atoms with van der Waals surface area (Å²) in [6.45, 7) is 3.28. The molecular weight excluding hydrogens is 222 g/mol. The fraction of sp³-hybridized carbons (Fsp3) is 0.400. The number of hydrogen-bond acceptors (Lipinski definition) is 2. The largest absolute Gasteiger partial charge is 0.341 e. The first-order chi connectivity index (χ1) is 8.86. The SMILES string of the molecule is CCc1ccc(-c2cnc(C3CCCN3)[nH]2)cc1. The van der Waals surface area contributed by atoms with Crippen LogP contribution in [0.4, 0.5) is 0 Å². The molecule has 0 bridgehead atoms. The summed E-state index contributed by atoms with van der Waals surface area (Å²) >= 11 is 0. The monoisotopic (exact) mass is 241 g/mol. The third-order valence-corrected chi connectivity index (χ3v) is 3.66. The molecule has 3 rings (SSSR count). The van der Waals surface area contributed by atoms with E-state index < -0.39 is 0 Å². The van der Waals surface area contributed by atoms with E-state index in [1.807, 2.05) is 6.20 Å². The molecule has 1 aromatic heterocycles. The summed E-state index contributed by atoms with van der Waals surface area (Å²) < 4.78 is 0. The van der Waals surface area contributed by atoms with Crippen LogP contribution in [0.25, 0.3) is 11.3 Å². The Bertz CT molecular complexity index is 507. The van der Waals surface area contributed by atoms with E-state index in [0.717, 1.165) is 24.5 Å². The Morgan fingerprint density at radius 2 is 2.11 bits per heavy atom. The lowest BCUT2D eigenvalue weighted by Gasteiger charge is -2.05. The zero-order valence-electron chi connectivity index (χ0n) is 10.7. The van der Waals surface area contributed by atoms with Crippen molar-refractivity contribution in [3.63, 3.8) is 0 Å². The van der Waals surface area contributed by atoms with Crippen LogP contribution in [0.2, 0.25) is 0 Å². The second-order valence-electron chi connectivity index (χ2n) is 4.88. The van der Waals surface area contributed by atoms with Crippen LogP contribution < -0.4 is 5.32 Å². The molecule has 0 radical (unpaired) electrons. The van der Waals surface area contributed by atoms with Crippen LogP contribution in [0.1, 0.15) is 37.2 Å². The fourth-order valence-electron chi connectivity index (χ4n) is 2.50. The van der Waals surface area contributed by atoms with Gasteiger partial charge >= 0.3 is 0 Å². The van der Waals surface area contributed by atoms with Gasteiger partial charge in [-0.15, -0.1) is 0 Å². The molecule has 1 fully saturated rings. The highest BCUT2D eigenvalue weighted by molar-refractivity contribution is 5.58. The number of hydrogen-bond donors (Lipinski definition) is 2. The molecule has 3 heteroatoms. The van der Waals surface area contributed by atoms with Crippen molar-refractivity contribution in [3.8, 4) is 11.3 Å². The van der Waals surface area contributed by atoms with Crippen LogP contribution in [0.5, 0.6) is 0 Å².